The molecule has 3 nitrogen and oxygen atoms in total. The molecule has 3 heteroatoms. The van der Waals surface area contributed by atoms with Crippen molar-refractivity contribution in [2.24, 2.45) is 11.8 Å². The zero-order valence-electron chi connectivity index (χ0n) is 13.5. The average Bonchev–Trinajstić information content (AvgIpc) is 3.24. The number of H-pyrrole nitrogens is 1. The second-order valence-corrected chi connectivity index (χ2v) is 7.66. The van der Waals surface area contributed by atoms with Crippen LogP contribution < -0.4 is 0 Å². The topological polar surface area (TPSA) is 36.1 Å². The number of carbonyl (C=O) groups is 1. The fourth-order valence-corrected chi connectivity index (χ4v) is 5.59. The Morgan fingerprint density at radius 2 is 1.91 bits per heavy atom. The predicted octanol–water partition coefficient (Wildman–Crippen LogP) is 3.71. The van der Waals surface area contributed by atoms with E-state index in [4.69, 9.17) is 0 Å². The van der Waals surface area contributed by atoms with Crippen molar-refractivity contribution < 1.29 is 4.79 Å². The Kier molecular flexibility index (Phi) is 3.12. The van der Waals surface area contributed by atoms with Crippen molar-refractivity contribution in [2.45, 2.75) is 44.1 Å². The maximum atomic E-state index is 12.6. The summed E-state index contributed by atoms with van der Waals surface area (Å²) in [6, 6.07) is 9.08. The number of para-hydroxylation sites is 1. The maximum Gasteiger partial charge on any atom is 0.137 e. The van der Waals surface area contributed by atoms with E-state index >= 15 is 0 Å². The fraction of sp³-hybridized carbons (Fsp3) is 0.550. The molecule has 1 aromatic carbocycles. The summed E-state index contributed by atoms with van der Waals surface area (Å²) in [6.07, 6.45) is 7.96. The molecule has 6 rings (SSSR count). The molecule has 4 atom stereocenters. The second kappa shape index (κ2) is 5.20. The van der Waals surface area contributed by atoms with E-state index in [9.17, 15) is 4.79 Å². The van der Waals surface area contributed by atoms with E-state index in [1.165, 1.54) is 48.8 Å². The molecule has 2 bridgehead atoms. The van der Waals surface area contributed by atoms with E-state index in [2.05, 4.69) is 40.3 Å². The number of likely N-dealkylation sites (tertiary alicyclic amines) is 1. The summed E-state index contributed by atoms with van der Waals surface area (Å²) in [5.41, 5.74) is 2.69. The maximum absolute atomic E-state index is 12.6. The molecule has 0 spiro atoms. The highest BCUT2D eigenvalue weighted by Crippen LogP contribution is 2.51. The number of aromatic nitrogens is 1. The molecule has 0 unspecified atom stereocenters. The number of hydrogen-bond donors (Lipinski definition) is 1. The number of aromatic amines is 1. The molecule has 1 aliphatic heterocycles. The molecule has 4 aliphatic rings. The number of hydrogen-bond acceptors (Lipinski definition) is 2. The lowest BCUT2D eigenvalue weighted by Crippen LogP contribution is -2.55. The number of Topliss-reactive ketones (excluding diaryl/α,β-unsaturated/α-hetero) is 1. The number of fused-ring (bicyclic) bond motifs is 4. The van der Waals surface area contributed by atoms with Gasteiger partial charge in [-0.2, -0.15) is 0 Å². The minimum atomic E-state index is 0.275. The molecular formula is C20H24N2O. The quantitative estimate of drug-likeness (QED) is 0.918. The first-order chi connectivity index (χ1) is 11.3. The van der Waals surface area contributed by atoms with Gasteiger partial charge in [0.1, 0.15) is 5.78 Å². The van der Waals surface area contributed by atoms with E-state index in [1.807, 2.05) is 0 Å². The number of carbonyl (C=O) groups excluding carboxylic acids is 1. The minimum absolute atomic E-state index is 0.275. The van der Waals surface area contributed by atoms with Gasteiger partial charge in [-0.1, -0.05) is 18.2 Å². The Balaban J connectivity index is 1.62. The molecule has 3 aliphatic carbocycles. The molecule has 1 aromatic heterocycles. The van der Waals surface area contributed by atoms with Crippen LogP contribution in [0.5, 0.6) is 0 Å². The number of rotatable bonds is 2. The summed E-state index contributed by atoms with van der Waals surface area (Å²) < 4.78 is 0. The summed E-state index contributed by atoms with van der Waals surface area (Å²) in [4.78, 5) is 18.7. The third-order valence-electron chi connectivity index (χ3n) is 6.56. The van der Waals surface area contributed by atoms with Crippen LogP contribution in [0.2, 0.25) is 0 Å². The van der Waals surface area contributed by atoms with Crippen LogP contribution in [-0.4, -0.2) is 34.8 Å². The molecule has 4 fully saturated rings. The van der Waals surface area contributed by atoms with Crippen LogP contribution in [0.4, 0.5) is 0 Å². The molecule has 0 amide bonds. The molecule has 120 valence electrons. The summed E-state index contributed by atoms with van der Waals surface area (Å²) in [7, 11) is 0. The van der Waals surface area contributed by atoms with Crippen LogP contribution in [0.3, 0.4) is 0 Å². The van der Waals surface area contributed by atoms with Gasteiger partial charge in [0.05, 0.1) is 0 Å². The van der Waals surface area contributed by atoms with Crippen LogP contribution in [0.15, 0.2) is 30.5 Å². The zero-order chi connectivity index (χ0) is 15.4. The molecule has 2 aromatic rings. The van der Waals surface area contributed by atoms with Gasteiger partial charge < -0.3 is 4.98 Å². The highest BCUT2D eigenvalue weighted by Gasteiger charge is 2.51. The van der Waals surface area contributed by atoms with Crippen molar-refractivity contribution in [3.8, 4) is 0 Å². The Morgan fingerprint density at radius 1 is 1.09 bits per heavy atom. The van der Waals surface area contributed by atoms with Crippen LogP contribution in [0.1, 0.15) is 43.6 Å². The van der Waals surface area contributed by atoms with Gasteiger partial charge in [0.2, 0.25) is 0 Å². The van der Waals surface area contributed by atoms with Gasteiger partial charge in [-0.25, -0.2) is 0 Å². The minimum Gasteiger partial charge on any atom is -0.361 e. The van der Waals surface area contributed by atoms with E-state index in [-0.39, 0.29) is 5.92 Å². The fourth-order valence-electron chi connectivity index (χ4n) is 5.59. The van der Waals surface area contributed by atoms with E-state index in [0.717, 1.165) is 12.8 Å². The first-order valence-corrected chi connectivity index (χ1v) is 9.16. The summed E-state index contributed by atoms with van der Waals surface area (Å²) in [6.45, 7) is 2.36. The van der Waals surface area contributed by atoms with E-state index in [1.54, 1.807) is 0 Å². The number of nitrogens with zero attached hydrogens (tertiary/aromatic N) is 1. The van der Waals surface area contributed by atoms with Crippen molar-refractivity contribution in [2.75, 3.05) is 13.1 Å². The van der Waals surface area contributed by atoms with E-state index < -0.39 is 0 Å². The van der Waals surface area contributed by atoms with Gasteiger partial charge in [0.15, 0.2) is 0 Å². The summed E-state index contributed by atoms with van der Waals surface area (Å²) >= 11 is 0. The van der Waals surface area contributed by atoms with Crippen LogP contribution in [0, 0.1) is 11.8 Å². The largest absolute Gasteiger partial charge is 0.361 e. The normalized spacial score (nSPS) is 34.5. The molecule has 2 heterocycles. The van der Waals surface area contributed by atoms with Gasteiger partial charge in [-0.15, -0.1) is 0 Å². The number of benzene rings is 1. The molecular weight excluding hydrogens is 284 g/mol. The third-order valence-corrected chi connectivity index (χ3v) is 6.56. The highest BCUT2D eigenvalue weighted by molar-refractivity contribution is 5.87. The highest BCUT2D eigenvalue weighted by atomic mass is 16.1. The Labute approximate surface area is 137 Å². The van der Waals surface area contributed by atoms with Gasteiger partial charge in [0, 0.05) is 41.4 Å². The van der Waals surface area contributed by atoms with Crippen molar-refractivity contribution in [3.05, 3.63) is 36.0 Å². The standard InChI is InChI=1S/C20H24N2O/c23-18-11-13-7-8-15(18)20(22-9-3-4-10-22)19(13)16-12-21-17-6-2-1-5-14(16)17/h1-2,5-6,12-13,15,19-21H,3-4,7-11H2/t13-,15+,19-,20+/m1/s1. The molecule has 1 N–H and O–H groups in total. The van der Waals surface area contributed by atoms with Crippen molar-refractivity contribution in [1.29, 1.82) is 0 Å². The Morgan fingerprint density at radius 3 is 2.74 bits per heavy atom. The number of ketones is 1. The number of nitrogens with one attached hydrogen (secondary N) is 1. The molecule has 0 radical (unpaired) electrons. The van der Waals surface area contributed by atoms with Crippen LogP contribution >= 0.6 is 0 Å². The third kappa shape index (κ3) is 2.02. The first-order valence-electron chi connectivity index (χ1n) is 9.16. The summed E-state index contributed by atoms with van der Waals surface area (Å²) in [5.74, 6) is 1.88. The Hall–Kier alpha value is -1.61. The van der Waals surface area contributed by atoms with Crippen LogP contribution in [-0.2, 0) is 4.79 Å². The van der Waals surface area contributed by atoms with Crippen molar-refractivity contribution in [3.63, 3.8) is 0 Å². The first kappa shape index (κ1) is 13.8. The zero-order valence-corrected chi connectivity index (χ0v) is 13.5. The molecule has 23 heavy (non-hydrogen) atoms. The predicted molar refractivity (Wildman–Crippen MR) is 91.5 cm³/mol. The lowest BCUT2D eigenvalue weighted by atomic mass is 9.59. The van der Waals surface area contributed by atoms with Crippen LogP contribution in [0.25, 0.3) is 10.9 Å². The van der Waals surface area contributed by atoms with Gasteiger partial charge in [0.25, 0.3) is 0 Å². The lowest BCUT2D eigenvalue weighted by molar-refractivity contribution is -0.134. The van der Waals surface area contributed by atoms with Gasteiger partial charge in [-0.3, -0.25) is 9.69 Å². The lowest BCUT2D eigenvalue weighted by Gasteiger charge is -2.51. The monoisotopic (exact) mass is 308 g/mol. The van der Waals surface area contributed by atoms with Crippen molar-refractivity contribution in [1.82, 2.24) is 9.88 Å². The molecule has 1 saturated heterocycles. The van der Waals surface area contributed by atoms with Gasteiger partial charge >= 0.3 is 0 Å². The second-order valence-electron chi connectivity index (χ2n) is 7.66. The van der Waals surface area contributed by atoms with Gasteiger partial charge in [-0.05, 0) is 56.3 Å². The molecule has 3 saturated carbocycles. The SMILES string of the molecule is O=C1C[C@H]2CC[C@@H]1[C@H](N1CCCC1)[C@H]2c1c[nH]c2ccccc12. The van der Waals surface area contributed by atoms with Crippen molar-refractivity contribution >= 4 is 16.7 Å². The Bertz CT molecular complexity index is 743. The average molecular weight is 308 g/mol. The van der Waals surface area contributed by atoms with E-state index in [0.29, 0.717) is 23.7 Å². The smallest absolute Gasteiger partial charge is 0.137 e. The summed E-state index contributed by atoms with van der Waals surface area (Å²) in [5, 5.41) is 1.36.